The van der Waals surface area contributed by atoms with Crippen molar-refractivity contribution in [3.63, 3.8) is 0 Å². The van der Waals surface area contributed by atoms with E-state index >= 15 is 0 Å². The van der Waals surface area contributed by atoms with Crippen molar-refractivity contribution >= 4 is 39.4 Å². The number of anilines is 2. The van der Waals surface area contributed by atoms with Crippen LogP contribution in [-0.2, 0) is 5.75 Å². The minimum atomic E-state index is 0.473. The normalized spacial score (nSPS) is 10.8. The van der Waals surface area contributed by atoms with Gasteiger partial charge in [0.25, 0.3) is 5.22 Å². The van der Waals surface area contributed by atoms with E-state index in [2.05, 4.69) is 74.7 Å². The average molecular weight is 452 g/mol. The van der Waals surface area contributed by atoms with Crippen molar-refractivity contribution in [2.24, 2.45) is 0 Å². The molecule has 0 aliphatic heterocycles. The number of rotatable bonds is 6. The molecule has 0 fully saturated rings. The Morgan fingerprint density at radius 2 is 1.61 bits per heavy atom. The van der Waals surface area contributed by atoms with E-state index in [0.29, 0.717) is 11.2 Å². The summed E-state index contributed by atoms with van der Waals surface area (Å²) >= 11 is 4.99. The van der Waals surface area contributed by atoms with Crippen LogP contribution in [0, 0.1) is 0 Å². The fraction of sp³-hybridized carbons (Fsp3) is 0.0909. The van der Waals surface area contributed by atoms with E-state index in [1.165, 1.54) is 16.7 Å². The van der Waals surface area contributed by atoms with Gasteiger partial charge in [-0.2, -0.15) is 0 Å². The fourth-order valence-corrected chi connectivity index (χ4v) is 3.88. The van der Waals surface area contributed by atoms with Crippen molar-refractivity contribution in [3.8, 4) is 11.1 Å². The van der Waals surface area contributed by atoms with Crippen LogP contribution in [-0.4, -0.2) is 17.2 Å². The minimum absolute atomic E-state index is 0.473. The maximum atomic E-state index is 5.85. The van der Waals surface area contributed by atoms with Gasteiger partial charge in [-0.3, -0.25) is 4.90 Å². The Kier molecular flexibility index (Phi) is 5.78. The Balaban J connectivity index is 1.48. The number of aromatic nitrogens is 2. The molecule has 6 heteroatoms. The number of thioether (sulfide) groups is 1. The summed E-state index contributed by atoms with van der Waals surface area (Å²) in [7, 11) is 1.91. The third-order valence-electron chi connectivity index (χ3n) is 4.35. The van der Waals surface area contributed by atoms with Gasteiger partial charge in [-0.05, 0) is 41.0 Å². The molecule has 0 aliphatic rings. The summed E-state index contributed by atoms with van der Waals surface area (Å²) in [6.45, 7) is 0. The molecule has 3 aromatic carbocycles. The molecule has 28 heavy (non-hydrogen) atoms. The second kappa shape index (κ2) is 8.63. The fourth-order valence-electron chi connectivity index (χ4n) is 2.86. The lowest BCUT2D eigenvalue weighted by Crippen LogP contribution is -2.09. The van der Waals surface area contributed by atoms with Gasteiger partial charge in [-0.15, -0.1) is 0 Å². The molecule has 4 nitrogen and oxygen atoms in total. The molecule has 0 N–H and O–H groups in total. The molecule has 0 bridgehead atoms. The average Bonchev–Trinajstić information content (AvgIpc) is 3.22. The molecule has 0 saturated heterocycles. The van der Waals surface area contributed by atoms with Crippen LogP contribution in [0.5, 0.6) is 0 Å². The van der Waals surface area contributed by atoms with Gasteiger partial charge < -0.3 is 4.42 Å². The van der Waals surface area contributed by atoms with Crippen LogP contribution < -0.4 is 4.90 Å². The van der Waals surface area contributed by atoms with Crippen LogP contribution >= 0.6 is 27.7 Å². The van der Waals surface area contributed by atoms with E-state index in [9.17, 15) is 0 Å². The maximum absolute atomic E-state index is 5.85. The van der Waals surface area contributed by atoms with E-state index in [4.69, 9.17) is 4.42 Å². The minimum Gasteiger partial charge on any atom is -0.398 e. The number of hydrogen-bond acceptors (Lipinski definition) is 5. The van der Waals surface area contributed by atoms with Crippen molar-refractivity contribution < 1.29 is 4.42 Å². The second-order valence-electron chi connectivity index (χ2n) is 6.20. The SMILES string of the molecule is CN(c1ccc(Br)cc1)c1nnc(SCc2ccccc2-c2ccccc2)o1. The summed E-state index contributed by atoms with van der Waals surface area (Å²) in [6, 6.07) is 27.2. The molecule has 0 unspecified atom stereocenters. The van der Waals surface area contributed by atoms with Crippen LogP contribution in [0.3, 0.4) is 0 Å². The lowest BCUT2D eigenvalue weighted by molar-refractivity contribution is 0.459. The van der Waals surface area contributed by atoms with Crippen LogP contribution in [0.25, 0.3) is 11.1 Å². The van der Waals surface area contributed by atoms with Gasteiger partial charge in [0.1, 0.15) is 0 Å². The Morgan fingerprint density at radius 3 is 2.39 bits per heavy atom. The van der Waals surface area contributed by atoms with Gasteiger partial charge in [0, 0.05) is 23.0 Å². The van der Waals surface area contributed by atoms with Crippen molar-refractivity contribution in [2.45, 2.75) is 11.0 Å². The van der Waals surface area contributed by atoms with Gasteiger partial charge in [0.2, 0.25) is 0 Å². The summed E-state index contributed by atoms with van der Waals surface area (Å²) in [5.74, 6) is 0.759. The lowest BCUT2D eigenvalue weighted by atomic mass is 10.0. The Hall–Kier alpha value is -2.57. The van der Waals surface area contributed by atoms with Crippen molar-refractivity contribution in [1.82, 2.24) is 10.2 Å². The smallest absolute Gasteiger partial charge is 0.323 e. The highest BCUT2D eigenvalue weighted by Gasteiger charge is 2.14. The zero-order valence-electron chi connectivity index (χ0n) is 15.2. The van der Waals surface area contributed by atoms with Crippen molar-refractivity contribution in [2.75, 3.05) is 11.9 Å². The largest absolute Gasteiger partial charge is 0.398 e. The highest BCUT2D eigenvalue weighted by atomic mass is 79.9. The zero-order valence-corrected chi connectivity index (χ0v) is 17.7. The Labute approximate surface area is 176 Å². The summed E-state index contributed by atoms with van der Waals surface area (Å²) in [4.78, 5) is 1.88. The van der Waals surface area contributed by atoms with E-state index in [0.717, 1.165) is 15.9 Å². The lowest BCUT2D eigenvalue weighted by Gasteiger charge is -2.13. The molecule has 0 radical (unpaired) electrons. The van der Waals surface area contributed by atoms with Crippen LogP contribution in [0.2, 0.25) is 0 Å². The second-order valence-corrected chi connectivity index (χ2v) is 8.04. The van der Waals surface area contributed by atoms with Gasteiger partial charge in [0.15, 0.2) is 0 Å². The summed E-state index contributed by atoms with van der Waals surface area (Å²) in [6.07, 6.45) is 0. The first-order valence-corrected chi connectivity index (χ1v) is 10.6. The first kappa shape index (κ1) is 18.8. The third-order valence-corrected chi connectivity index (χ3v) is 5.75. The third kappa shape index (κ3) is 4.29. The number of benzene rings is 3. The van der Waals surface area contributed by atoms with Gasteiger partial charge in [-0.25, -0.2) is 0 Å². The van der Waals surface area contributed by atoms with Crippen LogP contribution in [0.4, 0.5) is 11.7 Å². The van der Waals surface area contributed by atoms with E-state index in [-0.39, 0.29) is 0 Å². The Bertz CT molecular complexity index is 1050. The van der Waals surface area contributed by atoms with Crippen LogP contribution in [0.15, 0.2) is 93.0 Å². The standard InChI is InChI=1S/C22H18BrN3OS/c1-26(19-13-11-18(23)12-14-19)21-24-25-22(27-21)28-15-17-9-5-6-10-20(17)16-7-3-2-4-8-16/h2-14H,15H2,1H3. The highest BCUT2D eigenvalue weighted by Crippen LogP contribution is 2.31. The molecule has 0 saturated carbocycles. The maximum Gasteiger partial charge on any atom is 0.323 e. The first-order valence-electron chi connectivity index (χ1n) is 8.79. The first-order chi connectivity index (χ1) is 13.7. The molecule has 1 aromatic heterocycles. The predicted molar refractivity (Wildman–Crippen MR) is 118 cm³/mol. The summed E-state index contributed by atoms with van der Waals surface area (Å²) < 4.78 is 6.88. The topological polar surface area (TPSA) is 42.2 Å². The molecule has 0 spiro atoms. The van der Waals surface area contributed by atoms with E-state index < -0.39 is 0 Å². The van der Waals surface area contributed by atoms with Gasteiger partial charge in [-0.1, -0.05) is 92.5 Å². The summed E-state index contributed by atoms with van der Waals surface area (Å²) in [5, 5.41) is 8.93. The molecule has 0 atom stereocenters. The highest BCUT2D eigenvalue weighted by molar-refractivity contribution is 9.10. The number of nitrogens with zero attached hydrogens (tertiary/aromatic N) is 3. The molecule has 0 amide bonds. The molecule has 4 rings (SSSR count). The molecule has 4 aromatic rings. The quantitative estimate of drug-likeness (QED) is 0.310. The summed E-state index contributed by atoms with van der Waals surface area (Å²) in [5.41, 5.74) is 4.65. The monoisotopic (exact) mass is 451 g/mol. The predicted octanol–water partition coefficient (Wildman–Crippen LogP) is 6.56. The van der Waals surface area contributed by atoms with E-state index in [1.807, 2.05) is 42.3 Å². The Morgan fingerprint density at radius 1 is 0.893 bits per heavy atom. The van der Waals surface area contributed by atoms with Gasteiger partial charge >= 0.3 is 6.01 Å². The van der Waals surface area contributed by atoms with Crippen LogP contribution in [0.1, 0.15) is 5.56 Å². The number of halogens is 1. The van der Waals surface area contributed by atoms with Gasteiger partial charge in [0.05, 0.1) is 0 Å². The van der Waals surface area contributed by atoms with Crippen molar-refractivity contribution in [1.29, 1.82) is 0 Å². The molecule has 140 valence electrons. The molecule has 0 aliphatic carbocycles. The molecular formula is C22H18BrN3OS. The van der Waals surface area contributed by atoms with E-state index in [1.54, 1.807) is 11.8 Å². The zero-order chi connectivity index (χ0) is 19.3. The van der Waals surface area contributed by atoms with Crippen molar-refractivity contribution in [3.05, 3.63) is 88.9 Å². The molecular weight excluding hydrogens is 434 g/mol. The molecule has 1 heterocycles. The number of hydrogen-bond donors (Lipinski definition) is 0.